The molecule has 2 rings (SSSR count). The van der Waals surface area contributed by atoms with Crippen molar-refractivity contribution in [2.75, 3.05) is 0 Å². The molecular weight excluding hydrogens is 272 g/mol. The molecule has 0 aromatic heterocycles. The van der Waals surface area contributed by atoms with Crippen molar-refractivity contribution in [3.05, 3.63) is 34.9 Å². The third kappa shape index (κ3) is 4.25. The number of nitriles is 1. The molecule has 1 fully saturated rings. The van der Waals surface area contributed by atoms with Crippen molar-refractivity contribution < 1.29 is 4.79 Å². The number of carbonyl (C=O) groups excluding carboxylic acids is 1. The standard InChI is InChI=1S/C16H19ClN2O/c17-14-8-6-12(7-9-14)10-16(20)19-15(11-18)13-4-2-1-3-5-13/h6-9,13,15H,1-5,10H2,(H,19,20). The normalized spacial score (nSPS) is 17.2. The molecule has 1 aliphatic rings. The molecule has 1 saturated carbocycles. The van der Waals surface area contributed by atoms with Crippen molar-refractivity contribution in [2.24, 2.45) is 5.92 Å². The van der Waals surface area contributed by atoms with Crippen LogP contribution in [0.15, 0.2) is 24.3 Å². The van der Waals surface area contributed by atoms with Crippen molar-refractivity contribution in [3.8, 4) is 6.07 Å². The molecule has 1 aromatic rings. The lowest BCUT2D eigenvalue weighted by Crippen LogP contribution is -2.40. The van der Waals surface area contributed by atoms with Crippen molar-refractivity contribution >= 4 is 17.5 Å². The minimum absolute atomic E-state index is 0.0931. The second-order valence-electron chi connectivity index (χ2n) is 5.38. The van der Waals surface area contributed by atoms with E-state index in [1.54, 1.807) is 12.1 Å². The quantitative estimate of drug-likeness (QED) is 0.923. The first kappa shape index (κ1) is 14.9. The Balaban J connectivity index is 1.89. The van der Waals surface area contributed by atoms with Gasteiger partial charge in [-0.05, 0) is 36.5 Å². The molecule has 1 amide bonds. The van der Waals surface area contributed by atoms with E-state index in [1.807, 2.05) is 12.1 Å². The molecule has 3 nitrogen and oxygen atoms in total. The van der Waals surface area contributed by atoms with E-state index >= 15 is 0 Å². The van der Waals surface area contributed by atoms with Crippen LogP contribution in [0.4, 0.5) is 0 Å². The molecule has 1 aliphatic carbocycles. The molecule has 1 N–H and O–H groups in total. The van der Waals surface area contributed by atoms with Gasteiger partial charge in [-0.15, -0.1) is 0 Å². The van der Waals surface area contributed by atoms with Gasteiger partial charge >= 0.3 is 0 Å². The molecule has 4 heteroatoms. The third-order valence-corrected chi connectivity index (χ3v) is 4.11. The number of halogens is 1. The van der Waals surface area contributed by atoms with E-state index in [-0.39, 0.29) is 11.9 Å². The second-order valence-corrected chi connectivity index (χ2v) is 5.81. The molecule has 106 valence electrons. The number of carbonyl (C=O) groups is 1. The summed E-state index contributed by atoms with van der Waals surface area (Å²) in [5, 5.41) is 12.8. The first-order chi connectivity index (χ1) is 9.69. The maximum absolute atomic E-state index is 12.0. The topological polar surface area (TPSA) is 52.9 Å². The van der Waals surface area contributed by atoms with E-state index < -0.39 is 0 Å². The summed E-state index contributed by atoms with van der Waals surface area (Å²) < 4.78 is 0. The van der Waals surface area contributed by atoms with Crippen LogP contribution in [0, 0.1) is 17.2 Å². The number of nitrogens with one attached hydrogen (secondary N) is 1. The van der Waals surface area contributed by atoms with Crippen LogP contribution in [0.2, 0.25) is 5.02 Å². The second kappa shape index (κ2) is 7.31. The van der Waals surface area contributed by atoms with Crippen LogP contribution >= 0.6 is 11.6 Å². The predicted octanol–water partition coefficient (Wildman–Crippen LogP) is 3.47. The Morgan fingerprint density at radius 1 is 1.30 bits per heavy atom. The molecule has 20 heavy (non-hydrogen) atoms. The van der Waals surface area contributed by atoms with Gasteiger partial charge in [0.15, 0.2) is 0 Å². The molecule has 1 unspecified atom stereocenters. The van der Waals surface area contributed by atoms with Crippen molar-refractivity contribution in [2.45, 2.75) is 44.6 Å². The molecule has 0 aliphatic heterocycles. The maximum atomic E-state index is 12.0. The summed E-state index contributed by atoms with van der Waals surface area (Å²) in [6.45, 7) is 0. The van der Waals surface area contributed by atoms with Crippen LogP contribution < -0.4 is 5.32 Å². The molecular formula is C16H19ClN2O. The molecule has 1 aromatic carbocycles. The number of benzene rings is 1. The number of hydrogen-bond acceptors (Lipinski definition) is 2. The highest BCUT2D eigenvalue weighted by atomic mass is 35.5. The van der Waals surface area contributed by atoms with Crippen molar-refractivity contribution in [1.82, 2.24) is 5.32 Å². The summed E-state index contributed by atoms with van der Waals surface area (Å²) in [5.74, 6) is 0.215. The van der Waals surface area contributed by atoms with Gasteiger partial charge in [0.1, 0.15) is 6.04 Å². The maximum Gasteiger partial charge on any atom is 0.225 e. The summed E-state index contributed by atoms with van der Waals surface area (Å²) in [6, 6.07) is 9.11. The van der Waals surface area contributed by atoms with Gasteiger partial charge in [-0.2, -0.15) is 5.26 Å². The zero-order valence-electron chi connectivity index (χ0n) is 11.4. The number of amides is 1. The van der Waals surface area contributed by atoms with Crippen molar-refractivity contribution in [1.29, 1.82) is 5.26 Å². The summed E-state index contributed by atoms with van der Waals surface area (Å²) in [5.41, 5.74) is 0.909. The van der Waals surface area contributed by atoms with E-state index in [0.717, 1.165) is 31.2 Å². The smallest absolute Gasteiger partial charge is 0.225 e. The molecule has 0 heterocycles. The summed E-state index contributed by atoms with van der Waals surface area (Å²) in [6.07, 6.45) is 5.94. The zero-order valence-corrected chi connectivity index (χ0v) is 12.2. The van der Waals surface area contributed by atoms with E-state index in [0.29, 0.717) is 17.4 Å². The highest BCUT2D eigenvalue weighted by molar-refractivity contribution is 6.30. The molecule has 0 saturated heterocycles. The Hall–Kier alpha value is -1.53. The average Bonchev–Trinajstić information content (AvgIpc) is 2.48. The largest absolute Gasteiger partial charge is 0.340 e. The summed E-state index contributed by atoms with van der Waals surface area (Å²) in [4.78, 5) is 12.0. The van der Waals surface area contributed by atoms with Gasteiger partial charge in [-0.1, -0.05) is 43.0 Å². The van der Waals surface area contributed by atoms with Gasteiger partial charge < -0.3 is 5.32 Å². The van der Waals surface area contributed by atoms with Crippen LogP contribution in [-0.2, 0) is 11.2 Å². The Labute approximate surface area is 124 Å². The summed E-state index contributed by atoms with van der Waals surface area (Å²) >= 11 is 5.81. The first-order valence-corrected chi connectivity index (χ1v) is 7.50. The Morgan fingerprint density at radius 2 is 1.95 bits per heavy atom. The fraction of sp³-hybridized carbons (Fsp3) is 0.500. The highest BCUT2D eigenvalue weighted by Crippen LogP contribution is 2.26. The van der Waals surface area contributed by atoms with Gasteiger partial charge in [0.2, 0.25) is 5.91 Å². The third-order valence-electron chi connectivity index (χ3n) is 3.85. The predicted molar refractivity (Wildman–Crippen MR) is 79.3 cm³/mol. The number of rotatable bonds is 4. The van der Waals surface area contributed by atoms with E-state index in [2.05, 4.69) is 11.4 Å². The first-order valence-electron chi connectivity index (χ1n) is 7.12. The molecule has 0 spiro atoms. The molecule has 1 atom stereocenters. The average molecular weight is 291 g/mol. The van der Waals surface area contributed by atoms with Crippen LogP contribution in [0.1, 0.15) is 37.7 Å². The van der Waals surface area contributed by atoms with Crippen LogP contribution in [0.25, 0.3) is 0 Å². The SMILES string of the molecule is N#CC(NC(=O)Cc1ccc(Cl)cc1)C1CCCCC1. The van der Waals surface area contributed by atoms with Crippen LogP contribution in [0.5, 0.6) is 0 Å². The number of hydrogen-bond donors (Lipinski definition) is 1. The van der Waals surface area contributed by atoms with Gasteiger partial charge in [-0.3, -0.25) is 4.79 Å². The molecule has 0 bridgehead atoms. The van der Waals surface area contributed by atoms with Crippen LogP contribution in [0.3, 0.4) is 0 Å². The minimum atomic E-state index is -0.352. The Kier molecular flexibility index (Phi) is 5.43. The van der Waals surface area contributed by atoms with Gasteiger partial charge in [0, 0.05) is 5.02 Å². The lowest BCUT2D eigenvalue weighted by molar-refractivity contribution is -0.121. The van der Waals surface area contributed by atoms with Crippen molar-refractivity contribution in [3.63, 3.8) is 0 Å². The zero-order chi connectivity index (χ0) is 14.4. The fourth-order valence-electron chi connectivity index (χ4n) is 2.74. The van der Waals surface area contributed by atoms with Gasteiger partial charge in [0.05, 0.1) is 12.5 Å². The lowest BCUT2D eigenvalue weighted by atomic mass is 9.84. The fourth-order valence-corrected chi connectivity index (χ4v) is 2.86. The Bertz CT molecular complexity index is 486. The van der Waals surface area contributed by atoms with E-state index in [1.165, 1.54) is 6.42 Å². The molecule has 0 radical (unpaired) electrons. The minimum Gasteiger partial charge on any atom is -0.340 e. The Morgan fingerprint density at radius 3 is 2.55 bits per heavy atom. The number of nitrogens with zero attached hydrogens (tertiary/aromatic N) is 1. The van der Waals surface area contributed by atoms with E-state index in [4.69, 9.17) is 11.6 Å². The highest BCUT2D eigenvalue weighted by Gasteiger charge is 2.24. The summed E-state index contributed by atoms with van der Waals surface area (Å²) in [7, 11) is 0. The lowest BCUT2D eigenvalue weighted by Gasteiger charge is -2.26. The van der Waals surface area contributed by atoms with Gasteiger partial charge in [0.25, 0.3) is 0 Å². The monoisotopic (exact) mass is 290 g/mol. The van der Waals surface area contributed by atoms with E-state index in [9.17, 15) is 10.1 Å². The van der Waals surface area contributed by atoms with Crippen LogP contribution in [-0.4, -0.2) is 11.9 Å². The van der Waals surface area contributed by atoms with Gasteiger partial charge in [-0.25, -0.2) is 0 Å².